The number of nitrogens with zero attached hydrogens (tertiary/aromatic N) is 3. The molecule has 1 aliphatic heterocycles. The van der Waals surface area contributed by atoms with Gasteiger partial charge < -0.3 is 9.88 Å². The summed E-state index contributed by atoms with van der Waals surface area (Å²) in [5, 5.41) is 4.09. The standard InChI is InChI=1S/C17H24N4OS/c1-10-15(23-11(2)18-10)16(22)19-12-6-7-14-20-13(17(3,4)5)9-21(14)8-12/h9,12H,6-8H2,1-5H3,(H,19,22)/t12-/m0/s1. The topological polar surface area (TPSA) is 59.8 Å². The van der Waals surface area contributed by atoms with Gasteiger partial charge in [-0.1, -0.05) is 20.8 Å². The van der Waals surface area contributed by atoms with E-state index in [1.165, 1.54) is 11.3 Å². The average molecular weight is 332 g/mol. The lowest BCUT2D eigenvalue weighted by atomic mass is 9.93. The van der Waals surface area contributed by atoms with Crippen molar-refractivity contribution in [2.45, 2.75) is 65.5 Å². The van der Waals surface area contributed by atoms with Gasteiger partial charge in [-0.15, -0.1) is 11.3 Å². The molecule has 0 spiro atoms. The zero-order valence-electron chi connectivity index (χ0n) is 14.4. The molecule has 1 N–H and O–H groups in total. The molecule has 23 heavy (non-hydrogen) atoms. The van der Waals surface area contributed by atoms with Gasteiger partial charge in [-0.3, -0.25) is 4.79 Å². The molecule has 0 fully saturated rings. The highest BCUT2D eigenvalue weighted by Gasteiger charge is 2.26. The van der Waals surface area contributed by atoms with Crippen molar-refractivity contribution in [1.29, 1.82) is 0 Å². The average Bonchev–Trinajstić information content (AvgIpc) is 3.01. The minimum atomic E-state index is -0.00212. The van der Waals surface area contributed by atoms with Gasteiger partial charge in [-0.2, -0.15) is 0 Å². The van der Waals surface area contributed by atoms with Gasteiger partial charge in [-0.05, 0) is 20.3 Å². The quantitative estimate of drug-likeness (QED) is 0.919. The molecule has 0 radical (unpaired) electrons. The zero-order chi connectivity index (χ0) is 16.8. The summed E-state index contributed by atoms with van der Waals surface area (Å²) in [6.07, 6.45) is 3.97. The van der Waals surface area contributed by atoms with Crippen LogP contribution >= 0.6 is 11.3 Å². The second-order valence-corrected chi connectivity index (χ2v) is 8.50. The molecule has 6 heteroatoms. The number of nitrogens with one attached hydrogen (secondary N) is 1. The molecular formula is C17H24N4OS. The fourth-order valence-corrected chi connectivity index (χ4v) is 3.74. The van der Waals surface area contributed by atoms with Crippen LogP contribution in [0.25, 0.3) is 0 Å². The van der Waals surface area contributed by atoms with Crippen molar-refractivity contribution in [1.82, 2.24) is 19.9 Å². The third kappa shape index (κ3) is 3.32. The zero-order valence-corrected chi connectivity index (χ0v) is 15.3. The maximum Gasteiger partial charge on any atom is 0.263 e. The Bertz CT molecular complexity index is 738. The smallest absolute Gasteiger partial charge is 0.263 e. The minimum absolute atomic E-state index is 0.00212. The molecule has 2 aromatic heterocycles. The van der Waals surface area contributed by atoms with Crippen LogP contribution in [0.15, 0.2) is 6.20 Å². The molecule has 0 saturated heterocycles. The highest BCUT2D eigenvalue weighted by Crippen LogP contribution is 2.25. The Morgan fingerprint density at radius 1 is 1.35 bits per heavy atom. The van der Waals surface area contributed by atoms with Crippen LogP contribution in [0, 0.1) is 13.8 Å². The van der Waals surface area contributed by atoms with E-state index in [2.05, 4.69) is 41.8 Å². The molecular weight excluding hydrogens is 308 g/mol. The number of imidazole rings is 1. The number of carbonyl (C=O) groups excluding carboxylic acids is 1. The van der Waals surface area contributed by atoms with Crippen molar-refractivity contribution >= 4 is 17.2 Å². The van der Waals surface area contributed by atoms with Crippen LogP contribution < -0.4 is 5.32 Å². The SMILES string of the molecule is Cc1nc(C)c(C(=O)N[C@H]2CCc3nc(C(C)(C)C)cn3C2)s1. The van der Waals surface area contributed by atoms with Gasteiger partial charge >= 0.3 is 0 Å². The lowest BCUT2D eigenvalue weighted by molar-refractivity contribution is 0.0931. The first-order valence-electron chi connectivity index (χ1n) is 8.05. The van der Waals surface area contributed by atoms with Gasteiger partial charge in [0, 0.05) is 30.6 Å². The van der Waals surface area contributed by atoms with E-state index < -0.39 is 0 Å². The number of rotatable bonds is 2. The summed E-state index contributed by atoms with van der Waals surface area (Å²) < 4.78 is 2.19. The molecule has 5 nitrogen and oxygen atoms in total. The maximum atomic E-state index is 12.5. The summed E-state index contributed by atoms with van der Waals surface area (Å²) in [6.45, 7) is 11.1. The van der Waals surface area contributed by atoms with Crippen LogP contribution in [0.3, 0.4) is 0 Å². The summed E-state index contributed by atoms with van der Waals surface area (Å²) in [5.41, 5.74) is 1.99. The molecule has 2 aromatic rings. The van der Waals surface area contributed by atoms with Gasteiger partial charge in [0.05, 0.1) is 16.4 Å². The molecule has 0 aromatic carbocycles. The van der Waals surface area contributed by atoms with Crippen LogP contribution in [0.5, 0.6) is 0 Å². The largest absolute Gasteiger partial charge is 0.347 e. The number of carbonyl (C=O) groups is 1. The second kappa shape index (κ2) is 5.74. The number of aryl methyl sites for hydroxylation is 3. The van der Waals surface area contributed by atoms with Crippen LogP contribution in [-0.2, 0) is 18.4 Å². The Kier molecular flexibility index (Phi) is 4.04. The van der Waals surface area contributed by atoms with Crippen LogP contribution in [0.4, 0.5) is 0 Å². The molecule has 1 atom stereocenters. The summed E-state index contributed by atoms with van der Waals surface area (Å²) in [5.74, 6) is 1.13. The molecule has 3 heterocycles. The van der Waals surface area contributed by atoms with E-state index in [1.807, 2.05) is 13.8 Å². The third-order valence-corrected chi connectivity index (χ3v) is 5.28. The van der Waals surface area contributed by atoms with E-state index in [0.29, 0.717) is 0 Å². The first kappa shape index (κ1) is 16.2. The molecule has 0 unspecified atom stereocenters. The third-order valence-electron chi connectivity index (χ3n) is 4.21. The Labute approximate surface area is 141 Å². The molecule has 0 bridgehead atoms. The number of aromatic nitrogens is 3. The predicted octanol–water partition coefficient (Wildman–Crippen LogP) is 3.00. The number of fused-ring (bicyclic) bond motifs is 1. The van der Waals surface area contributed by atoms with Gasteiger partial charge in [-0.25, -0.2) is 9.97 Å². The maximum absolute atomic E-state index is 12.5. The molecule has 0 saturated carbocycles. The van der Waals surface area contributed by atoms with Gasteiger partial charge in [0.25, 0.3) is 5.91 Å². The fourth-order valence-electron chi connectivity index (χ4n) is 2.92. The van der Waals surface area contributed by atoms with Gasteiger partial charge in [0.15, 0.2) is 0 Å². The lowest BCUT2D eigenvalue weighted by Crippen LogP contribution is -2.40. The van der Waals surface area contributed by atoms with E-state index in [1.54, 1.807) is 0 Å². The van der Waals surface area contributed by atoms with E-state index in [4.69, 9.17) is 4.98 Å². The van der Waals surface area contributed by atoms with Crippen molar-refractivity contribution in [3.8, 4) is 0 Å². The Hall–Kier alpha value is -1.69. The summed E-state index contributed by atoms with van der Waals surface area (Å²) in [4.78, 5) is 22.3. The number of amides is 1. The fraction of sp³-hybridized carbons (Fsp3) is 0.588. The first-order chi connectivity index (χ1) is 10.7. The summed E-state index contributed by atoms with van der Waals surface area (Å²) in [6, 6.07) is 0.152. The van der Waals surface area contributed by atoms with Crippen molar-refractivity contribution in [3.05, 3.63) is 33.3 Å². The van der Waals surface area contributed by atoms with Crippen molar-refractivity contribution in [2.75, 3.05) is 0 Å². The molecule has 1 aliphatic rings. The first-order valence-corrected chi connectivity index (χ1v) is 8.87. The monoisotopic (exact) mass is 332 g/mol. The van der Waals surface area contributed by atoms with E-state index >= 15 is 0 Å². The summed E-state index contributed by atoms with van der Waals surface area (Å²) in [7, 11) is 0. The van der Waals surface area contributed by atoms with Crippen LogP contribution in [-0.4, -0.2) is 26.5 Å². The number of thiazole rings is 1. The second-order valence-electron chi connectivity index (χ2n) is 7.30. The number of hydrogen-bond donors (Lipinski definition) is 1. The van der Waals surface area contributed by atoms with Crippen LogP contribution in [0.2, 0.25) is 0 Å². The van der Waals surface area contributed by atoms with Gasteiger partial charge in [0.2, 0.25) is 0 Å². The lowest BCUT2D eigenvalue weighted by Gasteiger charge is -2.24. The van der Waals surface area contributed by atoms with Crippen LogP contribution in [0.1, 0.15) is 59.1 Å². The van der Waals surface area contributed by atoms with E-state index in [-0.39, 0.29) is 17.4 Å². The Balaban J connectivity index is 1.71. The highest BCUT2D eigenvalue weighted by atomic mass is 32.1. The number of hydrogen-bond acceptors (Lipinski definition) is 4. The minimum Gasteiger partial charge on any atom is -0.347 e. The Morgan fingerprint density at radius 3 is 2.70 bits per heavy atom. The molecule has 3 rings (SSSR count). The normalized spacial score (nSPS) is 17.9. The van der Waals surface area contributed by atoms with Crippen molar-refractivity contribution < 1.29 is 4.79 Å². The molecule has 124 valence electrons. The summed E-state index contributed by atoms with van der Waals surface area (Å²) >= 11 is 1.46. The van der Waals surface area contributed by atoms with E-state index in [0.717, 1.165) is 46.5 Å². The van der Waals surface area contributed by atoms with Crippen molar-refractivity contribution in [3.63, 3.8) is 0 Å². The molecule has 1 amide bonds. The highest BCUT2D eigenvalue weighted by molar-refractivity contribution is 7.13. The predicted molar refractivity (Wildman–Crippen MR) is 92.1 cm³/mol. The van der Waals surface area contributed by atoms with Gasteiger partial charge in [0.1, 0.15) is 10.7 Å². The van der Waals surface area contributed by atoms with Crippen molar-refractivity contribution in [2.24, 2.45) is 0 Å². The molecule has 0 aliphatic carbocycles. The van der Waals surface area contributed by atoms with E-state index in [9.17, 15) is 4.79 Å². The Morgan fingerprint density at radius 2 is 2.09 bits per heavy atom.